The van der Waals surface area contributed by atoms with Crippen LogP contribution in [0.2, 0.25) is 0 Å². The molecule has 120 valence electrons. The molecule has 0 heterocycles. The highest BCUT2D eigenvalue weighted by Gasteiger charge is 2.11. The average molecular weight is 377 g/mol. The summed E-state index contributed by atoms with van der Waals surface area (Å²) in [5, 5.41) is 0. The quantitative estimate of drug-likeness (QED) is 0.351. The second-order valence-corrected chi connectivity index (χ2v) is 5.50. The van der Waals surface area contributed by atoms with Crippen LogP contribution in [0.15, 0.2) is 53.0 Å². The van der Waals surface area contributed by atoms with Gasteiger partial charge in [-0.3, -0.25) is 10.2 Å². The summed E-state index contributed by atoms with van der Waals surface area (Å²) in [6.45, 7) is 0.431. The first-order chi connectivity index (χ1) is 11.1. The molecule has 0 bridgehead atoms. The maximum atomic E-state index is 11.2. The van der Waals surface area contributed by atoms with Crippen LogP contribution in [0.1, 0.15) is 11.1 Å². The van der Waals surface area contributed by atoms with E-state index in [0.29, 0.717) is 18.1 Å². The first kappa shape index (κ1) is 17.1. The van der Waals surface area contributed by atoms with E-state index < -0.39 is 0 Å². The van der Waals surface area contributed by atoms with E-state index in [4.69, 9.17) is 15.3 Å². The molecular weight excluding hydrogens is 360 g/mol. The topological polar surface area (TPSA) is 73.6 Å². The van der Waals surface area contributed by atoms with Crippen molar-refractivity contribution in [2.45, 2.75) is 6.61 Å². The Morgan fingerprint density at radius 2 is 2.04 bits per heavy atom. The van der Waals surface area contributed by atoms with Crippen molar-refractivity contribution in [3.63, 3.8) is 0 Å². The van der Waals surface area contributed by atoms with Crippen molar-refractivity contribution in [1.29, 1.82) is 0 Å². The minimum atomic E-state index is -0.385. The van der Waals surface area contributed by atoms with E-state index in [9.17, 15) is 4.79 Å². The van der Waals surface area contributed by atoms with Gasteiger partial charge in [0, 0.05) is 6.08 Å². The van der Waals surface area contributed by atoms with Crippen molar-refractivity contribution in [1.82, 2.24) is 5.43 Å². The number of benzene rings is 2. The molecule has 0 saturated heterocycles. The number of hydrazine groups is 1. The molecule has 3 N–H and O–H groups in total. The van der Waals surface area contributed by atoms with Crippen molar-refractivity contribution in [2.75, 3.05) is 7.11 Å². The lowest BCUT2D eigenvalue weighted by Gasteiger charge is -2.13. The van der Waals surface area contributed by atoms with Crippen molar-refractivity contribution in [3.8, 4) is 11.5 Å². The van der Waals surface area contributed by atoms with Crippen LogP contribution in [0.4, 0.5) is 0 Å². The van der Waals surface area contributed by atoms with Gasteiger partial charge in [-0.15, -0.1) is 0 Å². The fourth-order valence-corrected chi connectivity index (χ4v) is 2.50. The Kier molecular flexibility index (Phi) is 6.19. The number of carbonyl (C=O) groups is 1. The van der Waals surface area contributed by atoms with Crippen molar-refractivity contribution in [2.24, 2.45) is 5.84 Å². The molecule has 0 unspecified atom stereocenters. The summed E-state index contributed by atoms with van der Waals surface area (Å²) in [5.74, 6) is 5.83. The molecule has 0 fully saturated rings. The number of nitrogens with one attached hydrogen (secondary N) is 1. The van der Waals surface area contributed by atoms with Crippen LogP contribution in [0.5, 0.6) is 11.5 Å². The van der Waals surface area contributed by atoms with Gasteiger partial charge >= 0.3 is 0 Å². The molecule has 5 nitrogen and oxygen atoms in total. The lowest BCUT2D eigenvalue weighted by atomic mass is 10.2. The Labute approximate surface area is 143 Å². The van der Waals surface area contributed by atoms with Gasteiger partial charge in [-0.2, -0.15) is 0 Å². The van der Waals surface area contributed by atoms with Gasteiger partial charge in [0.15, 0.2) is 11.5 Å². The summed E-state index contributed by atoms with van der Waals surface area (Å²) in [6, 6.07) is 13.5. The van der Waals surface area contributed by atoms with Crippen molar-refractivity contribution in [3.05, 3.63) is 64.1 Å². The van der Waals surface area contributed by atoms with E-state index in [1.54, 1.807) is 19.3 Å². The summed E-state index contributed by atoms with van der Waals surface area (Å²) in [4.78, 5) is 11.2. The number of ether oxygens (including phenoxy) is 2. The van der Waals surface area contributed by atoms with Crippen LogP contribution in [0.25, 0.3) is 6.08 Å². The zero-order valence-corrected chi connectivity index (χ0v) is 14.2. The second-order valence-electron chi connectivity index (χ2n) is 4.65. The van der Waals surface area contributed by atoms with Crippen LogP contribution in [-0.4, -0.2) is 13.0 Å². The Hall–Kier alpha value is -2.31. The van der Waals surface area contributed by atoms with E-state index in [0.717, 1.165) is 15.6 Å². The SMILES string of the molecule is COc1cc(/C=C/C(=O)NN)cc(Br)c1OCc1ccccc1. The van der Waals surface area contributed by atoms with Crippen molar-refractivity contribution < 1.29 is 14.3 Å². The number of halogens is 1. The number of hydrogen-bond donors (Lipinski definition) is 2. The number of hydrogen-bond acceptors (Lipinski definition) is 4. The Balaban J connectivity index is 2.19. The minimum Gasteiger partial charge on any atom is -0.493 e. The van der Waals surface area contributed by atoms with Crippen LogP contribution in [0, 0.1) is 0 Å². The summed E-state index contributed by atoms with van der Waals surface area (Å²) < 4.78 is 12.0. The normalized spacial score (nSPS) is 10.6. The van der Waals surface area contributed by atoms with Gasteiger partial charge in [-0.05, 0) is 45.3 Å². The largest absolute Gasteiger partial charge is 0.493 e. The number of amides is 1. The van der Waals surface area contributed by atoms with E-state index in [-0.39, 0.29) is 5.91 Å². The molecule has 2 aromatic carbocycles. The van der Waals surface area contributed by atoms with E-state index in [1.165, 1.54) is 6.08 Å². The highest BCUT2D eigenvalue weighted by molar-refractivity contribution is 9.10. The van der Waals surface area contributed by atoms with E-state index in [2.05, 4.69) is 15.9 Å². The lowest BCUT2D eigenvalue weighted by Crippen LogP contribution is -2.27. The molecule has 0 spiro atoms. The highest BCUT2D eigenvalue weighted by Crippen LogP contribution is 2.37. The molecule has 0 aromatic heterocycles. The first-order valence-corrected chi connectivity index (χ1v) is 7.66. The van der Waals surface area contributed by atoms with Gasteiger partial charge in [-0.1, -0.05) is 30.3 Å². The smallest absolute Gasteiger partial charge is 0.257 e. The molecule has 0 aliphatic heterocycles. The molecule has 1 amide bonds. The Morgan fingerprint density at radius 3 is 2.70 bits per heavy atom. The van der Waals surface area contributed by atoms with Gasteiger partial charge in [-0.25, -0.2) is 5.84 Å². The third-order valence-electron chi connectivity index (χ3n) is 3.05. The molecular formula is C17H17BrN2O3. The van der Waals surface area contributed by atoms with Gasteiger partial charge < -0.3 is 9.47 Å². The predicted octanol–water partition coefficient (Wildman–Crippen LogP) is 3.04. The van der Waals surface area contributed by atoms with E-state index >= 15 is 0 Å². The van der Waals surface area contributed by atoms with Crippen molar-refractivity contribution >= 4 is 27.9 Å². The zero-order chi connectivity index (χ0) is 16.7. The fourth-order valence-electron chi connectivity index (χ4n) is 1.93. The Bertz CT molecular complexity index is 702. The minimum absolute atomic E-state index is 0.385. The van der Waals surface area contributed by atoms with E-state index in [1.807, 2.05) is 41.8 Å². The number of carbonyl (C=O) groups excluding carboxylic acids is 1. The first-order valence-electron chi connectivity index (χ1n) is 6.87. The number of nitrogens with two attached hydrogens (primary N) is 1. The van der Waals surface area contributed by atoms with Crippen LogP contribution < -0.4 is 20.7 Å². The van der Waals surface area contributed by atoms with Crippen LogP contribution >= 0.6 is 15.9 Å². The zero-order valence-electron chi connectivity index (χ0n) is 12.6. The van der Waals surface area contributed by atoms with Gasteiger partial charge in [0.05, 0.1) is 11.6 Å². The predicted molar refractivity (Wildman–Crippen MR) is 92.8 cm³/mol. The maximum absolute atomic E-state index is 11.2. The number of methoxy groups -OCH3 is 1. The molecule has 0 radical (unpaired) electrons. The molecule has 0 aliphatic rings. The van der Waals surface area contributed by atoms with Crippen LogP contribution in [0.3, 0.4) is 0 Å². The molecule has 2 rings (SSSR count). The number of rotatable bonds is 6. The van der Waals surface area contributed by atoms with Gasteiger partial charge in [0.25, 0.3) is 5.91 Å². The molecule has 23 heavy (non-hydrogen) atoms. The Morgan fingerprint density at radius 1 is 1.30 bits per heavy atom. The lowest BCUT2D eigenvalue weighted by molar-refractivity contribution is -0.116. The molecule has 0 aliphatic carbocycles. The van der Waals surface area contributed by atoms with Gasteiger partial charge in [0.1, 0.15) is 6.61 Å². The monoisotopic (exact) mass is 376 g/mol. The van der Waals surface area contributed by atoms with Crippen LogP contribution in [-0.2, 0) is 11.4 Å². The molecule has 2 aromatic rings. The highest BCUT2D eigenvalue weighted by atomic mass is 79.9. The maximum Gasteiger partial charge on any atom is 0.257 e. The molecule has 0 saturated carbocycles. The summed E-state index contributed by atoms with van der Waals surface area (Å²) in [7, 11) is 1.57. The fraction of sp³-hybridized carbons (Fsp3) is 0.118. The summed E-state index contributed by atoms with van der Waals surface area (Å²) in [5.41, 5.74) is 3.88. The summed E-state index contributed by atoms with van der Waals surface area (Å²) in [6.07, 6.45) is 2.97. The standard InChI is InChI=1S/C17H17BrN2O3/c1-22-15-10-13(7-8-16(21)20-19)9-14(18)17(15)23-11-12-5-3-2-4-6-12/h2-10H,11,19H2,1H3,(H,20,21)/b8-7+. The third-order valence-corrected chi connectivity index (χ3v) is 3.64. The average Bonchev–Trinajstić information content (AvgIpc) is 2.59. The molecule has 6 heteroatoms. The summed E-state index contributed by atoms with van der Waals surface area (Å²) >= 11 is 3.47. The van der Waals surface area contributed by atoms with Gasteiger partial charge in [0.2, 0.25) is 0 Å². The second kappa shape index (κ2) is 8.36. The molecule has 0 atom stereocenters. The third kappa shape index (κ3) is 4.84.